The molecule has 1 aliphatic rings. The normalized spacial score (nSPS) is 21.0. The first-order valence-corrected chi connectivity index (χ1v) is 8.93. The predicted octanol–water partition coefficient (Wildman–Crippen LogP) is 1.03. The minimum atomic E-state index is -3.83. The fourth-order valence-corrected chi connectivity index (χ4v) is 5.34. The van der Waals surface area contributed by atoms with Crippen LogP contribution in [0.25, 0.3) is 0 Å². The van der Waals surface area contributed by atoms with Crippen LogP contribution in [0.5, 0.6) is 0 Å². The number of amides is 1. The maximum atomic E-state index is 12.4. The van der Waals surface area contributed by atoms with Crippen LogP contribution >= 0.6 is 22.7 Å². The molecule has 3 rings (SSSR count). The van der Waals surface area contributed by atoms with Gasteiger partial charge in [-0.1, -0.05) is 0 Å². The summed E-state index contributed by atoms with van der Waals surface area (Å²) in [4.78, 5) is 28.5. The van der Waals surface area contributed by atoms with E-state index in [4.69, 9.17) is 0 Å². The number of carbonyl (C=O) groups is 2. The number of nitrogens with zero attached hydrogens (tertiary/aromatic N) is 2. The van der Waals surface area contributed by atoms with Gasteiger partial charge in [0.05, 0.1) is 5.56 Å². The lowest BCUT2D eigenvalue weighted by atomic mass is 10.1. The van der Waals surface area contributed by atoms with Crippen molar-refractivity contribution in [3.8, 4) is 0 Å². The Morgan fingerprint density at radius 1 is 1.38 bits per heavy atom. The van der Waals surface area contributed by atoms with Gasteiger partial charge in [-0.2, -0.15) is 4.31 Å². The van der Waals surface area contributed by atoms with Crippen LogP contribution in [0.15, 0.2) is 27.2 Å². The lowest BCUT2D eigenvalue weighted by Gasteiger charge is -2.28. The molecule has 2 aromatic rings. The van der Waals surface area contributed by atoms with Gasteiger partial charge in [0.15, 0.2) is 17.0 Å². The van der Waals surface area contributed by atoms with Gasteiger partial charge < -0.3 is 5.32 Å². The lowest BCUT2D eigenvalue weighted by Crippen LogP contribution is -2.52. The number of thiazole rings is 1. The number of sulfonamides is 1. The van der Waals surface area contributed by atoms with Gasteiger partial charge in [0.2, 0.25) is 0 Å². The van der Waals surface area contributed by atoms with E-state index < -0.39 is 27.8 Å². The predicted molar refractivity (Wildman–Crippen MR) is 78.1 cm³/mol. The van der Waals surface area contributed by atoms with E-state index in [1.54, 1.807) is 5.38 Å². The number of hydrogen-bond acceptors (Lipinski definition) is 7. The number of fused-ring (bicyclic) bond motifs is 1. The third-order valence-electron chi connectivity index (χ3n) is 3.03. The van der Waals surface area contributed by atoms with Gasteiger partial charge in [0, 0.05) is 18.6 Å². The summed E-state index contributed by atoms with van der Waals surface area (Å²) in [6, 6.07) is 0.0114. The molecule has 1 aliphatic heterocycles. The Morgan fingerprint density at radius 2 is 2.14 bits per heavy atom. The first-order valence-electron chi connectivity index (χ1n) is 5.73. The minimum Gasteiger partial charge on any atom is -0.300 e. The monoisotopic (exact) mass is 343 g/mol. The Morgan fingerprint density at radius 3 is 2.81 bits per heavy atom. The fraction of sp³-hybridized carbons (Fsp3) is 0.182. The summed E-state index contributed by atoms with van der Waals surface area (Å²) in [6.45, 7) is 0. The number of ketones is 1. The summed E-state index contributed by atoms with van der Waals surface area (Å²) < 4.78 is 25.4. The molecule has 110 valence electrons. The molecule has 0 spiro atoms. The van der Waals surface area contributed by atoms with Gasteiger partial charge in [-0.15, -0.1) is 22.7 Å². The van der Waals surface area contributed by atoms with Crippen LogP contribution in [0.3, 0.4) is 0 Å². The van der Waals surface area contributed by atoms with E-state index in [1.807, 2.05) is 0 Å². The van der Waals surface area contributed by atoms with E-state index >= 15 is 0 Å². The van der Waals surface area contributed by atoms with Crippen LogP contribution in [-0.2, 0) is 14.8 Å². The quantitative estimate of drug-likeness (QED) is 0.822. The molecule has 1 unspecified atom stereocenters. The molecular formula is C11H9N3O4S3. The zero-order valence-electron chi connectivity index (χ0n) is 10.6. The smallest absolute Gasteiger partial charge is 0.254 e. The summed E-state index contributed by atoms with van der Waals surface area (Å²) in [5, 5.41) is 5.96. The number of nitrogens with one attached hydrogen (secondary N) is 1. The molecule has 0 bridgehead atoms. The van der Waals surface area contributed by atoms with Crippen molar-refractivity contribution >= 4 is 49.5 Å². The lowest BCUT2D eigenvalue weighted by molar-refractivity contribution is -0.118. The molecule has 1 N–H and O–H groups in total. The summed E-state index contributed by atoms with van der Waals surface area (Å²) in [7, 11) is -2.61. The van der Waals surface area contributed by atoms with Crippen molar-refractivity contribution < 1.29 is 18.0 Å². The third kappa shape index (κ3) is 2.20. The van der Waals surface area contributed by atoms with Crippen molar-refractivity contribution in [1.82, 2.24) is 9.29 Å². The van der Waals surface area contributed by atoms with Crippen LogP contribution < -0.4 is 5.32 Å². The van der Waals surface area contributed by atoms with Gasteiger partial charge in [0.1, 0.15) is 4.21 Å². The van der Waals surface area contributed by atoms with Crippen LogP contribution in [-0.4, -0.2) is 42.5 Å². The SMILES string of the molecule is CN1C(C(=O)Nc2nccs2)C(=O)c2ccsc2S1(=O)=O. The number of thiophene rings is 1. The number of rotatable bonds is 2. The number of hydrogen-bond donors (Lipinski definition) is 1. The van der Waals surface area contributed by atoms with E-state index in [1.165, 1.54) is 36.0 Å². The molecule has 0 saturated carbocycles. The molecule has 7 nitrogen and oxygen atoms in total. The molecule has 1 amide bonds. The maximum absolute atomic E-state index is 12.4. The zero-order chi connectivity index (χ0) is 15.2. The van der Waals surface area contributed by atoms with Gasteiger partial charge >= 0.3 is 0 Å². The van der Waals surface area contributed by atoms with Gasteiger partial charge in [-0.3, -0.25) is 9.59 Å². The maximum Gasteiger partial charge on any atom is 0.254 e. The first kappa shape index (κ1) is 14.3. The number of Topliss-reactive ketones (excluding diaryl/α,β-unsaturated/α-hetero) is 1. The van der Waals surface area contributed by atoms with Crippen molar-refractivity contribution in [1.29, 1.82) is 0 Å². The molecule has 2 aromatic heterocycles. The first-order chi connectivity index (χ1) is 9.93. The van der Waals surface area contributed by atoms with Crippen LogP contribution in [0.1, 0.15) is 10.4 Å². The van der Waals surface area contributed by atoms with Crippen LogP contribution in [0.4, 0.5) is 5.13 Å². The average Bonchev–Trinajstić information content (AvgIpc) is 3.07. The second kappa shape index (κ2) is 4.98. The summed E-state index contributed by atoms with van der Waals surface area (Å²) in [5.74, 6) is -1.24. The fourth-order valence-electron chi connectivity index (χ4n) is 2.00. The summed E-state index contributed by atoms with van der Waals surface area (Å²) in [6.07, 6.45) is 1.50. The molecule has 0 radical (unpaired) electrons. The van der Waals surface area contributed by atoms with E-state index in [0.717, 1.165) is 15.6 Å². The highest BCUT2D eigenvalue weighted by Crippen LogP contribution is 2.33. The highest BCUT2D eigenvalue weighted by atomic mass is 32.2. The van der Waals surface area contributed by atoms with E-state index in [9.17, 15) is 18.0 Å². The van der Waals surface area contributed by atoms with E-state index in [2.05, 4.69) is 10.3 Å². The number of aromatic nitrogens is 1. The molecule has 0 saturated heterocycles. The highest BCUT2D eigenvalue weighted by molar-refractivity contribution is 7.91. The minimum absolute atomic E-state index is 0.0201. The topological polar surface area (TPSA) is 96.4 Å². The molecule has 1 atom stereocenters. The molecule has 0 aliphatic carbocycles. The standard InChI is InChI=1S/C11H9N3O4S3/c1-14-7(9(16)13-11-12-3-5-20-11)8(15)6-2-4-19-10(6)21(14,17)18/h2-5,7H,1H3,(H,12,13,16). The van der Waals surface area contributed by atoms with E-state index in [0.29, 0.717) is 5.13 Å². The molecule has 0 aromatic carbocycles. The number of anilines is 1. The zero-order valence-corrected chi connectivity index (χ0v) is 13.1. The van der Waals surface area contributed by atoms with E-state index in [-0.39, 0.29) is 9.77 Å². The Labute approximate surface area is 128 Å². The van der Waals surface area contributed by atoms with Gasteiger partial charge in [0.25, 0.3) is 15.9 Å². The molecule has 10 heteroatoms. The van der Waals surface area contributed by atoms with Gasteiger partial charge in [-0.05, 0) is 11.4 Å². The van der Waals surface area contributed by atoms with Crippen LogP contribution in [0, 0.1) is 0 Å². The van der Waals surface area contributed by atoms with Crippen LogP contribution in [0.2, 0.25) is 0 Å². The second-order valence-electron chi connectivity index (χ2n) is 4.24. The number of carbonyl (C=O) groups excluding carboxylic acids is 2. The van der Waals surface area contributed by atoms with Crippen molar-refractivity contribution in [3.63, 3.8) is 0 Å². The Balaban J connectivity index is 2.00. The van der Waals surface area contributed by atoms with Crippen molar-refractivity contribution in [2.45, 2.75) is 10.3 Å². The molecular weight excluding hydrogens is 334 g/mol. The molecule has 21 heavy (non-hydrogen) atoms. The highest BCUT2D eigenvalue weighted by Gasteiger charge is 2.46. The Hall–Kier alpha value is -1.62. The summed E-state index contributed by atoms with van der Waals surface area (Å²) >= 11 is 2.15. The summed E-state index contributed by atoms with van der Waals surface area (Å²) in [5.41, 5.74) is 0.0670. The Bertz CT molecular complexity index is 810. The Kier molecular flexibility index (Phi) is 3.40. The number of likely N-dealkylation sites (N-methyl/N-ethyl adjacent to an activating group) is 1. The van der Waals surface area contributed by atoms with Crippen molar-refractivity contribution in [3.05, 3.63) is 28.6 Å². The van der Waals surface area contributed by atoms with Gasteiger partial charge in [-0.25, -0.2) is 13.4 Å². The average molecular weight is 343 g/mol. The second-order valence-corrected chi connectivity index (χ2v) is 8.24. The third-order valence-corrected chi connectivity index (χ3v) is 7.00. The van der Waals surface area contributed by atoms with Crippen molar-refractivity contribution in [2.24, 2.45) is 0 Å². The largest absolute Gasteiger partial charge is 0.300 e. The molecule has 0 fully saturated rings. The molecule has 3 heterocycles. The van der Waals surface area contributed by atoms with Crippen molar-refractivity contribution in [2.75, 3.05) is 12.4 Å².